The average Bonchev–Trinajstić information content (AvgIpc) is 3.35. The highest BCUT2D eigenvalue weighted by Crippen LogP contribution is 2.33. The third-order valence-electron chi connectivity index (χ3n) is 5.93. The summed E-state index contributed by atoms with van der Waals surface area (Å²) in [5.74, 6) is 0. The van der Waals surface area contributed by atoms with Gasteiger partial charge in [0.25, 0.3) is 5.56 Å². The molecular weight excluding hydrogens is 474 g/mol. The first-order valence-corrected chi connectivity index (χ1v) is 12.0. The maximum atomic E-state index is 13.2. The molecule has 1 aliphatic rings. The summed E-state index contributed by atoms with van der Waals surface area (Å²) in [6, 6.07) is 20.1. The molecule has 1 N–H and O–H groups in total. The molecule has 2 aromatic heterocycles. The Morgan fingerprint density at radius 1 is 1.03 bits per heavy atom. The van der Waals surface area contributed by atoms with Gasteiger partial charge in [0.05, 0.1) is 16.9 Å². The highest BCUT2D eigenvalue weighted by Gasteiger charge is 2.34. The van der Waals surface area contributed by atoms with Crippen LogP contribution in [-0.4, -0.2) is 23.0 Å². The molecule has 31 heavy (non-hydrogen) atoms. The van der Waals surface area contributed by atoms with Crippen LogP contribution in [0.15, 0.2) is 75.3 Å². The van der Waals surface area contributed by atoms with E-state index >= 15 is 0 Å². The molecule has 0 unspecified atom stereocenters. The van der Waals surface area contributed by atoms with Crippen LogP contribution in [0.2, 0.25) is 0 Å². The molecule has 0 amide bonds. The molecule has 0 spiro atoms. The van der Waals surface area contributed by atoms with Gasteiger partial charge in [-0.15, -0.1) is 11.3 Å². The van der Waals surface area contributed by atoms with Crippen molar-refractivity contribution in [1.82, 2.24) is 15.1 Å². The molecule has 3 heterocycles. The zero-order valence-corrected chi connectivity index (χ0v) is 19.3. The minimum Gasteiger partial charge on any atom is -0.381 e. The number of nitrogens with one attached hydrogen (secondary N) is 1. The number of ether oxygens (including phenoxy) is 1. The topological polar surface area (TPSA) is 56.2 Å². The smallest absolute Gasteiger partial charge is 0.275 e. The minimum absolute atomic E-state index is 0.0820. The Labute approximate surface area is 192 Å². The number of hydrogen-bond donors (Lipinski definition) is 1. The van der Waals surface area contributed by atoms with Gasteiger partial charge < -0.3 is 4.74 Å². The maximum absolute atomic E-state index is 13.2. The van der Waals surface area contributed by atoms with E-state index in [1.807, 2.05) is 41.8 Å². The summed E-state index contributed by atoms with van der Waals surface area (Å²) < 4.78 is 8.25. The highest BCUT2D eigenvalue weighted by molar-refractivity contribution is 9.10. The fraction of sp³-hybridized carbons (Fsp3) is 0.250. The molecule has 5 rings (SSSR count). The van der Waals surface area contributed by atoms with Gasteiger partial charge in [0.2, 0.25) is 0 Å². The molecule has 7 heteroatoms. The molecule has 2 aromatic carbocycles. The number of nitrogens with zero attached hydrogens (tertiary/aromatic N) is 2. The van der Waals surface area contributed by atoms with Gasteiger partial charge in [-0.2, -0.15) is 5.10 Å². The van der Waals surface area contributed by atoms with E-state index < -0.39 is 0 Å². The van der Waals surface area contributed by atoms with Crippen LogP contribution in [0.5, 0.6) is 0 Å². The number of benzene rings is 2. The molecule has 4 aromatic rings. The van der Waals surface area contributed by atoms with E-state index in [4.69, 9.17) is 9.84 Å². The highest BCUT2D eigenvalue weighted by atomic mass is 79.9. The van der Waals surface area contributed by atoms with Crippen molar-refractivity contribution in [1.29, 1.82) is 0 Å². The third kappa shape index (κ3) is 3.99. The summed E-state index contributed by atoms with van der Waals surface area (Å²) in [6.07, 6.45) is 1.68. The molecule has 5 nitrogen and oxygen atoms in total. The number of aromatic nitrogens is 2. The van der Waals surface area contributed by atoms with Crippen LogP contribution in [0.1, 0.15) is 18.4 Å². The normalized spacial score (nSPS) is 15.9. The summed E-state index contributed by atoms with van der Waals surface area (Å²) in [5, 5.41) is 12.1. The van der Waals surface area contributed by atoms with Gasteiger partial charge in [0, 0.05) is 28.6 Å². The largest absolute Gasteiger partial charge is 0.381 e. The lowest BCUT2D eigenvalue weighted by Crippen LogP contribution is -2.48. The van der Waals surface area contributed by atoms with Crippen LogP contribution in [-0.2, 0) is 16.9 Å². The molecule has 1 aliphatic heterocycles. The van der Waals surface area contributed by atoms with E-state index in [0.717, 1.165) is 33.3 Å². The van der Waals surface area contributed by atoms with E-state index in [1.165, 1.54) is 5.56 Å². The van der Waals surface area contributed by atoms with Gasteiger partial charge in [0.1, 0.15) is 5.69 Å². The average molecular weight is 496 g/mol. The van der Waals surface area contributed by atoms with Crippen molar-refractivity contribution in [2.45, 2.75) is 25.0 Å². The van der Waals surface area contributed by atoms with Crippen LogP contribution in [0.4, 0.5) is 0 Å². The molecule has 0 bridgehead atoms. The van der Waals surface area contributed by atoms with Crippen molar-refractivity contribution in [3.63, 3.8) is 0 Å². The molecule has 1 saturated heterocycles. The van der Waals surface area contributed by atoms with Crippen molar-refractivity contribution >= 4 is 38.0 Å². The number of halogens is 1. The molecule has 0 atom stereocenters. The second-order valence-electron chi connectivity index (χ2n) is 7.71. The lowest BCUT2D eigenvalue weighted by molar-refractivity contribution is 0.0323. The molecule has 0 radical (unpaired) electrons. The van der Waals surface area contributed by atoms with E-state index in [-0.39, 0.29) is 11.1 Å². The van der Waals surface area contributed by atoms with Crippen molar-refractivity contribution < 1.29 is 4.74 Å². The van der Waals surface area contributed by atoms with Crippen LogP contribution < -0.4 is 10.9 Å². The van der Waals surface area contributed by atoms with Crippen molar-refractivity contribution in [3.8, 4) is 10.6 Å². The SMILES string of the molecule is O=c1c2ccccc2c(-c2cccs2)nn1CNC1(c2ccc(Br)cc2)CCOCC1. The molecular formula is C24H22BrN3O2S. The number of hydrogen-bond acceptors (Lipinski definition) is 5. The van der Waals surface area contributed by atoms with Gasteiger partial charge in [-0.3, -0.25) is 10.1 Å². The number of fused-ring (bicyclic) bond motifs is 1. The summed E-state index contributed by atoms with van der Waals surface area (Å²) in [5.41, 5.74) is 1.71. The lowest BCUT2D eigenvalue weighted by atomic mass is 9.83. The Morgan fingerprint density at radius 3 is 2.48 bits per heavy atom. The summed E-state index contributed by atoms with van der Waals surface area (Å²) in [7, 11) is 0. The first kappa shape index (κ1) is 20.6. The molecule has 0 saturated carbocycles. The van der Waals surface area contributed by atoms with Gasteiger partial charge in [0.15, 0.2) is 0 Å². The zero-order valence-electron chi connectivity index (χ0n) is 16.9. The van der Waals surface area contributed by atoms with Gasteiger partial charge >= 0.3 is 0 Å². The monoisotopic (exact) mass is 495 g/mol. The predicted molar refractivity (Wildman–Crippen MR) is 128 cm³/mol. The van der Waals surface area contributed by atoms with E-state index in [0.29, 0.717) is 25.3 Å². The van der Waals surface area contributed by atoms with Crippen LogP contribution in [0.3, 0.4) is 0 Å². The summed E-state index contributed by atoms with van der Waals surface area (Å²) in [6.45, 7) is 1.70. The number of thiophene rings is 1. The fourth-order valence-electron chi connectivity index (χ4n) is 4.22. The van der Waals surface area contributed by atoms with Crippen LogP contribution in [0.25, 0.3) is 21.3 Å². The van der Waals surface area contributed by atoms with Gasteiger partial charge in [-0.25, -0.2) is 4.68 Å². The van der Waals surface area contributed by atoms with Crippen LogP contribution in [0, 0.1) is 0 Å². The fourth-order valence-corrected chi connectivity index (χ4v) is 5.21. The third-order valence-corrected chi connectivity index (χ3v) is 7.34. The Morgan fingerprint density at radius 2 is 1.77 bits per heavy atom. The standard InChI is InChI=1S/C24H22BrN3O2S/c25-18-9-7-17(8-10-18)24(11-13-30-14-12-24)26-16-28-23(29)20-5-2-1-4-19(20)22(27-28)21-6-3-15-31-21/h1-10,15,26H,11-14,16H2. The van der Waals surface area contributed by atoms with Gasteiger partial charge in [-0.05, 0) is 48.1 Å². The quantitative estimate of drug-likeness (QED) is 0.416. The Balaban J connectivity index is 1.54. The van der Waals surface area contributed by atoms with Crippen molar-refractivity contribution in [2.24, 2.45) is 0 Å². The van der Waals surface area contributed by atoms with Crippen molar-refractivity contribution in [3.05, 3.63) is 86.4 Å². The maximum Gasteiger partial charge on any atom is 0.275 e. The molecule has 158 valence electrons. The summed E-state index contributed by atoms with van der Waals surface area (Å²) in [4.78, 5) is 14.3. The molecule has 1 fully saturated rings. The lowest BCUT2D eigenvalue weighted by Gasteiger charge is -2.39. The number of rotatable bonds is 5. The first-order chi connectivity index (χ1) is 15.2. The second-order valence-corrected chi connectivity index (χ2v) is 9.58. The zero-order chi connectivity index (χ0) is 21.3. The second kappa shape index (κ2) is 8.67. The predicted octanol–water partition coefficient (Wildman–Crippen LogP) is 5.14. The van der Waals surface area contributed by atoms with Crippen LogP contribution >= 0.6 is 27.3 Å². The minimum atomic E-state index is -0.255. The van der Waals surface area contributed by atoms with Crippen molar-refractivity contribution in [2.75, 3.05) is 13.2 Å². The Kier molecular flexibility index (Phi) is 5.75. The van der Waals surface area contributed by atoms with E-state index in [2.05, 4.69) is 45.5 Å². The Hall–Kier alpha value is -2.32. The van der Waals surface area contributed by atoms with Gasteiger partial charge in [-0.1, -0.05) is 52.3 Å². The first-order valence-electron chi connectivity index (χ1n) is 10.3. The van der Waals surface area contributed by atoms with E-state index in [1.54, 1.807) is 16.0 Å². The van der Waals surface area contributed by atoms with E-state index in [9.17, 15) is 4.79 Å². The molecule has 0 aliphatic carbocycles. The Bertz CT molecular complexity index is 1250. The summed E-state index contributed by atoms with van der Waals surface area (Å²) >= 11 is 5.15.